The van der Waals surface area contributed by atoms with Gasteiger partial charge in [-0.25, -0.2) is 4.79 Å². The number of nitrogens with one attached hydrogen (secondary N) is 2. The zero-order valence-electron chi connectivity index (χ0n) is 9.89. The van der Waals surface area contributed by atoms with Crippen molar-refractivity contribution in [3.8, 4) is 0 Å². The van der Waals surface area contributed by atoms with Crippen molar-refractivity contribution in [2.24, 2.45) is 0 Å². The minimum atomic E-state index is -1.07. The minimum absolute atomic E-state index is 0.0808. The zero-order chi connectivity index (χ0) is 14.0. The summed E-state index contributed by atoms with van der Waals surface area (Å²) in [4.78, 5) is 22.9. The van der Waals surface area contributed by atoms with Gasteiger partial charge in [-0.1, -0.05) is 0 Å². The maximum Gasteiger partial charge on any atom is 0.336 e. The molecule has 1 fully saturated rings. The van der Waals surface area contributed by atoms with Crippen LogP contribution in [0.1, 0.15) is 16.8 Å². The Hall–Kier alpha value is -1.44. The Labute approximate surface area is 117 Å². The van der Waals surface area contributed by atoms with Crippen LogP contribution in [0.15, 0.2) is 22.7 Å². The van der Waals surface area contributed by atoms with E-state index in [0.717, 1.165) is 0 Å². The molecule has 0 radical (unpaired) electrons. The Bertz CT molecular complexity index is 520. The lowest BCUT2D eigenvalue weighted by atomic mass is 10.1. The van der Waals surface area contributed by atoms with E-state index >= 15 is 0 Å². The van der Waals surface area contributed by atoms with Crippen molar-refractivity contribution < 1.29 is 19.8 Å². The molecular formula is C12H13BrN2O4. The van der Waals surface area contributed by atoms with Gasteiger partial charge in [0.05, 0.1) is 17.7 Å². The Morgan fingerprint density at radius 3 is 2.74 bits per heavy atom. The summed E-state index contributed by atoms with van der Waals surface area (Å²) in [6.07, 6.45) is -0.163. The number of halogens is 1. The van der Waals surface area contributed by atoms with Crippen LogP contribution in [-0.2, 0) is 4.79 Å². The highest BCUT2D eigenvalue weighted by Crippen LogP contribution is 2.21. The molecule has 1 heterocycles. The number of amides is 1. The molecule has 0 aliphatic carbocycles. The van der Waals surface area contributed by atoms with Crippen LogP contribution in [0.2, 0.25) is 0 Å². The third kappa shape index (κ3) is 3.31. The topological polar surface area (TPSA) is 98.7 Å². The number of hydrogen-bond donors (Lipinski definition) is 4. The summed E-state index contributed by atoms with van der Waals surface area (Å²) in [5, 5.41) is 23.8. The van der Waals surface area contributed by atoms with E-state index in [1.165, 1.54) is 6.07 Å². The van der Waals surface area contributed by atoms with Crippen LogP contribution in [0.3, 0.4) is 0 Å². The Balaban J connectivity index is 2.09. The summed E-state index contributed by atoms with van der Waals surface area (Å²) in [5.41, 5.74) is 0.492. The quantitative estimate of drug-likeness (QED) is 0.658. The zero-order valence-corrected chi connectivity index (χ0v) is 11.5. The third-order valence-electron chi connectivity index (χ3n) is 2.89. The molecule has 0 bridgehead atoms. The highest BCUT2D eigenvalue weighted by atomic mass is 79.9. The van der Waals surface area contributed by atoms with Crippen molar-refractivity contribution >= 4 is 33.5 Å². The number of rotatable bonds is 3. The van der Waals surface area contributed by atoms with Gasteiger partial charge in [0.1, 0.15) is 0 Å². The maximum absolute atomic E-state index is 11.9. The van der Waals surface area contributed by atoms with Gasteiger partial charge in [0.25, 0.3) is 0 Å². The van der Waals surface area contributed by atoms with Crippen molar-refractivity contribution in [2.75, 3.05) is 11.9 Å². The summed E-state index contributed by atoms with van der Waals surface area (Å²) in [6, 6.07) is 4.11. The number of aliphatic hydroxyl groups is 1. The van der Waals surface area contributed by atoms with Gasteiger partial charge >= 0.3 is 5.97 Å². The molecule has 1 aliphatic rings. The minimum Gasteiger partial charge on any atom is -0.478 e. The molecule has 19 heavy (non-hydrogen) atoms. The van der Waals surface area contributed by atoms with Gasteiger partial charge in [-0.3, -0.25) is 4.79 Å². The summed E-state index contributed by atoms with van der Waals surface area (Å²) in [7, 11) is 0. The van der Waals surface area contributed by atoms with Crippen LogP contribution < -0.4 is 10.6 Å². The third-order valence-corrected chi connectivity index (χ3v) is 3.58. The highest BCUT2D eigenvalue weighted by Gasteiger charge is 2.28. The van der Waals surface area contributed by atoms with Gasteiger partial charge in [0.15, 0.2) is 0 Å². The molecule has 102 valence electrons. The van der Waals surface area contributed by atoms with E-state index in [0.29, 0.717) is 23.1 Å². The van der Waals surface area contributed by atoms with Crippen LogP contribution >= 0.6 is 15.9 Å². The van der Waals surface area contributed by atoms with Crippen molar-refractivity contribution in [3.05, 3.63) is 28.2 Å². The van der Waals surface area contributed by atoms with Crippen LogP contribution in [-0.4, -0.2) is 40.8 Å². The van der Waals surface area contributed by atoms with Crippen LogP contribution in [0.4, 0.5) is 5.69 Å². The van der Waals surface area contributed by atoms with E-state index in [2.05, 4.69) is 26.6 Å². The Morgan fingerprint density at radius 2 is 2.16 bits per heavy atom. The lowest BCUT2D eigenvalue weighted by Crippen LogP contribution is -2.35. The summed E-state index contributed by atoms with van der Waals surface area (Å²) in [5.74, 6) is -1.35. The second-order valence-electron chi connectivity index (χ2n) is 4.34. The molecule has 0 spiro atoms. The van der Waals surface area contributed by atoms with E-state index in [1.54, 1.807) is 12.1 Å². The van der Waals surface area contributed by atoms with Crippen molar-refractivity contribution in [3.63, 3.8) is 0 Å². The summed E-state index contributed by atoms with van der Waals surface area (Å²) < 4.78 is 0.451. The van der Waals surface area contributed by atoms with Crippen LogP contribution in [0.5, 0.6) is 0 Å². The number of carboxylic acid groups (broad SMARTS) is 1. The van der Waals surface area contributed by atoms with E-state index in [1.807, 2.05) is 0 Å². The first-order valence-electron chi connectivity index (χ1n) is 5.72. The average molecular weight is 329 g/mol. The molecule has 1 saturated heterocycles. The number of carbonyl (C=O) groups is 2. The molecule has 1 aliphatic heterocycles. The molecule has 2 rings (SSSR count). The molecule has 1 aromatic rings. The number of carboxylic acids is 1. The number of anilines is 1. The molecule has 2 unspecified atom stereocenters. The molecule has 0 aromatic heterocycles. The smallest absolute Gasteiger partial charge is 0.336 e. The molecule has 0 saturated carbocycles. The van der Waals surface area contributed by atoms with Crippen molar-refractivity contribution in [1.82, 2.24) is 5.32 Å². The SMILES string of the molecule is O=C(O)c1cc(NC(=O)C2CC(O)CN2)ccc1Br. The Morgan fingerprint density at radius 1 is 1.42 bits per heavy atom. The fraction of sp³-hybridized carbons (Fsp3) is 0.333. The summed E-state index contributed by atoms with van der Waals surface area (Å²) in [6.45, 7) is 0.388. The van der Waals surface area contributed by atoms with E-state index in [9.17, 15) is 14.7 Å². The number of benzene rings is 1. The highest BCUT2D eigenvalue weighted by molar-refractivity contribution is 9.10. The summed E-state index contributed by atoms with van der Waals surface area (Å²) >= 11 is 3.13. The number of β-amino-alcohol motifs (C(OH)–C–C–N with tert-alkyl or cyclic N) is 1. The first-order chi connectivity index (χ1) is 8.97. The Kier molecular flexibility index (Phi) is 4.18. The largest absolute Gasteiger partial charge is 0.478 e. The van der Waals surface area contributed by atoms with E-state index in [4.69, 9.17) is 5.11 Å². The fourth-order valence-corrected chi connectivity index (χ4v) is 2.33. The molecule has 1 amide bonds. The van der Waals surface area contributed by atoms with Crippen molar-refractivity contribution in [2.45, 2.75) is 18.6 Å². The van der Waals surface area contributed by atoms with Gasteiger partial charge in [-0.15, -0.1) is 0 Å². The molecular weight excluding hydrogens is 316 g/mol. The van der Waals surface area contributed by atoms with Gasteiger partial charge < -0.3 is 20.8 Å². The van der Waals surface area contributed by atoms with E-state index in [-0.39, 0.29) is 11.5 Å². The molecule has 4 N–H and O–H groups in total. The van der Waals surface area contributed by atoms with Gasteiger partial charge in [0.2, 0.25) is 5.91 Å². The number of hydrogen-bond acceptors (Lipinski definition) is 4. The van der Waals surface area contributed by atoms with E-state index < -0.39 is 18.1 Å². The first-order valence-corrected chi connectivity index (χ1v) is 6.52. The molecule has 2 atom stereocenters. The number of aromatic carboxylic acids is 1. The molecule has 7 heteroatoms. The van der Waals surface area contributed by atoms with Gasteiger partial charge in [0, 0.05) is 16.7 Å². The van der Waals surface area contributed by atoms with Gasteiger partial charge in [-0.05, 0) is 40.5 Å². The fourth-order valence-electron chi connectivity index (χ4n) is 1.91. The average Bonchev–Trinajstić information content (AvgIpc) is 2.78. The molecule has 6 nitrogen and oxygen atoms in total. The maximum atomic E-state index is 11.9. The second-order valence-corrected chi connectivity index (χ2v) is 5.19. The predicted octanol–water partition coefficient (Wildman–Crippen LogP) is 0.809. The standard InChI is InChI=1S/C12H13BrN2O4/c13-9-2-1-6(3-8(9)12(18)19)15-11(17)10-4-7(16)5-14-10/h1-3,7,10,14,16H,4-5H2,(H,15,17)(H,18,19). The number of aliphatic hydroxyl groups excluding tert-OH is 1. The predicted molar refractivity (Wildman–Crippen MR) is 72.1 cm³/mol. The lowest BCUT2D eigenvalue weighted by molar-refractivity contribution is -0.117. The van der Waals surface area contributed by atoms with Crippen LogP contribution in [0.25, 0.3) is 0 Å². The normalized spacial score (nSPS) is 22.2. The molecule has 1 aromatic carbocycles. The van der Waals surface area contributed by atoms with Crippen LogP contribution in [0, 0.1) is 0 Å². The monoisotopic (exact) mass is 328 g/mol. The number of carbonyl (C=O) groups excluding carboxylic acids is 1. The second kappa shape index (κ2) is 5.68. The first kappa shape index (κ1) is 14.0. The van der Waals surface area contributed by atoms with Crippen molar-refractivity contribution in [1.29, 1.82) is 0 Å². The van der Waals surface area contributed by atoms with Gasteiger partial charge in [-0.2, -0.15) is 0 Å². The lowest BCUT2D eigenvalue weighted by Gasteiger charge is -2.11.